The van der Waals surface area contributed by atoms with Gasteiger partial charge in [-0.2, -0.15) is 0 Å². The quantitative estimate of drug-likeness (QED) is 0.511. The molecule has 26 heavy (non-hydrogen) atoms. The summed E-state index contributed by atoms with van der Waals surface area (Å²) in [5.74, 6) is 1.18. The second-order valence-corrected chi connectivity index (χ2v) is 5.79. The van der Waals surface area contributed by atoms with Crippen LogP contribution in [-0.4, -0.2) is 24.6 Å². The third kappa shape index (κ3) is 3.86. The Hall–Kier alpha value is -3.27. The number of phenolic OH excluding ortho intramolecular Hbond substituents is 1. The topological polar surface area (TPSA) is 55.8 Å². The molecule has 4 heteroatoms. The predicted molar refractivity (Wildman–Crippen MR) is 103 cm³/mol. The number of hydrogen-bond acceptors (Lipinski definition) is 4. The Morgan fingerprint density at radius 3 is 2.58 bits per heavy atom. The van der Waals surface area contributed by atoms with Gasteiger partial charge in [0.25, 0.3) is 0 Å². The summed E-state index contributed by atoms with van der Waals surface area (Å²) in [5.41, 5.74) is 1.40. The lowest BCUT2D eigenvalue weighted by Gasteiger charge is -2.06. The highest BCUT2D eigenvalue weighted by Gasteiger charge is 2.06. The van der Waals surface area contributed by atoms with Gasteiger partial charge in [0.05, 0.1) is 13.7 Å². The maximum atomic E-state index is 12.5. The zero-order valence-corrected chi connectivity index (χ0v) is 14.7. The Labute approximate surface area is 152 Å². The Balaban J connectivity index is 1.82. The Kier molecular flexibility index (Phi) is 5.23. The van der Waals surface area contributed by atoms with Gasteiger partial charge in [-0.1, -0.05) is 30.3 Å². The molecule has 0 aliphatic carbocycles. The number of ether oxygens (including phenoxy) is 2. The van der Waals surface area contributed by atoms with Crippen LogP contribution >= 0.6 is 0 Å². The van der Waals surface area contributed by atoms with Crippen LogP contribution in [0.1, 0.15) is 22.8 Å². The number of aromatic hydroxyl groups is 1. The first-order valence-corrected chi connectivity index (χ1v) is 8.36. The van der Waals surface area contributed by atoms with Crippen molar-refractivity contribution in [3.8, 4) is 17.2 Å². The number of methoxy groups -OCH3 is 1. The lowest BCUT2D eigenvalue weighted by molar-refractivity contribution is 0.104. The van der Waals surface area contributed by atoms with Crippen LogP contribution in [0.3, 0.4) is 0 Å². The van der Waals surface area contributed by atoms with Crippen molar-refractivity contribution in [1.82, 2.24) is 0 Å². The van der Waals surface area contributed by atoms with Crippen molar-refractivity contribution in [3.63, 3.8) is 0 Å². The monoisotopic (exact) mass is 348 g/mol. The number of allylic oxidation sites excluding steroid dienone is 1. The largest absolute Gasteiger partial charge is 0.504 e. The van der Waals surface area contributed by atoms with Gasteiger partial charge in [-0.05, 0) is 59.7 Å². The third-order valence-corrected chi connectivity index (χ3v) is 4.04. The van der Waals surface area contributed by atoms with E-state index in [1.165, 1.54) is 6.08 Å². The van der Waals surface area contributed by atoms with Gasteiger partial charge < -0.3 is 14.6 Å². The summed E-state index contributed by atoms with van der Waals surface area (Å²) >= 11 is 0. The minimum absolute atomic E-state index is 0.0836. The molecule has 0 saturated carbocycles. The van der Waals surface area contributed by atoms with E-state index in [1.807, 2.05) is 37.3 Å². The minimum atomic E-state index is -0.0891. The average Bonchev–Trinajstić information content (AvgIpc) is 2.67. The molecule has 0 amide bonds. The smallest absolute Gasteiger partial charge is 0.185 e. The van der Waals surface area contributed by atoms with Crippen LogP contribution in [0.4, 0.5) is 0 Å². The molecule has 1 N–H and O–H groups in total. The number of ketones is 1. The highest BCUT2D eigenvalue weighted by molar-refractivity contribution is 6.08. The molecule has 0 unspecified atom stereocenters. The molecular weight excluding hydrogens is 328 g/mol. The van der Waals surface area contributed by atoms with Crippen molar-refractivity contribution in [1.29, 1.82) is 0 Å². The van der Waals surface area contributed by atoms with Gasteiger partial charge in [0.15, 0.2) is 17.3 Å². The van der Waals surface area contributed by atoms with Gasteiger partial charge in [-0.3, -0.25) is 4.79 Å². The summed E-state index contributed by atoms with van der Waals surface area (Å²) in [6.45, 7) is 2.31. The number of carbonyl (C=O) groups is 1. The molecule has 3 aromatic carbocycles. The number of carbonyl (C=O) groups excluding carboxylic acids is 1. The van der Waals surface area contributed by atoms with E-state index in [4.69, 9.17) is 9.47 Å². The van der Waals surface area contributed by atoms with Gasteiger partial charge in [0, 0.05) is 5.56 Å². The normalized spacial score (nSPS) is 11.0. The third-order valence-electron chi connectivity index (χ3n) is 4.04. The van der Waals surface area contributed by atoms with Crippen LogP contribution in [0.5, 0.6) is 17.2 Å². The van der Waals surface area contributed by atoms with Crippen molar-refractivity contribution in [2.75, 3.05) is 13.7 Å². The van der Waals surface area contributed by atoms with Gasteiger partial charge in [0.2, 0.25) is 0 Å². The maximum absolute atomic E-state index is 12.5. The summed E-state index contributed by atoms with van der Waals surface area (Å²) in [7, 11) is 1.63. The lowest BCUT2D eigenvalue weighted by Crippen LogP contribution is -1.94. The number of hydrogen-bond donors (Lipinski definition) is 1. The number of rotatable bonds is 6. The molecular formula is C22H20O4. The van der Waals surface area contributed by atoms with Crippen LogP contribution in [-0.2, 0) is 0 Å². The highest BCUT2D eigenvalue weighted by atomic mass is 16.5. The van der Waals surface area contributed by atoms with E-state index >= 15 is 0 Å². The van der Waals surface area contributed by atoms with E-state index in [-0.39, 0.29) is 11.5 Å². The Bertz CT molecular complexity index is 973. The molecule has 0 fully saturated rings. The van der Waals surface area contributed by atoms with Crippen LogP contribution in [0.2, 0.25) is 0 Å². The zero-order valence-electron chi connectivity index (χ0n) is 14.7. The molecule has 132 valence electrons. The number of fused-ring (bicyclic) bond motifs is 1. The van der Waals surface area contributed by atoms with Crippen molar-refractivity contribution in [2.24, 2.45) is 0 Å². The molecule has 0 aliphatic rings. The molecule has 3 aromatic rings. The molecule has 3 rings (SSSR count). The average molecular weight is 348 g/mol. The minimum Gasteiger partial charge on any atom is -0.504 e. The molecule has 0 saturated heterocycles. The summed E-state index contributed by atoms with van der Waals surface area (Å²) in [4.78, 5) is 12.5. The molecule has 4 nitrogen and oxygen atoms in total. The first-order chi connectivity index (χ1) is 12.6. The van der Waals surface area contributed by atoms with E-state index in [2.05, 4.69) is 0 Å². The second-order valence-electron chi connectivity index (χ2n) is 5.79. The lowest BCUT2D eigenvalue weighted by atomic mass is 10.0. The number of benzene rings is 3. The van der Waals surface area contributed by atoms with E-state index < -0.39 is 0 Å². The predicted octanol–water partition coefficient (Wildman–Crippen LogP) is 4.85. The fraction of sp³-hybridized carbons (Fsp3) is 0.136. The van der Waals surface area contributed by atoms with Crippen molar-refractivity contribution >= 4 is 22.6 Å². The molecule has 0 aliphatic heterocycles. The summed E-state index contributed by atoms with van der Waals surface area (Å²) < 4.78 is 10.6. The molecule has 0 atom stereocenters. The van der Waals surface area contributed by atoms with E-state index in [9.17, 15) is 9.90 Å². The fourth-order valence-corrected chi connectivity index (χ4v) is 2.68. The zero-order chi connectivity index (χ0) is 18.5. The number of phenols is 1. The van der Waals surface area contributed by atoms with Crippen LogP contribution in [0, 0.1) is 0 Å². The SMILES string of the molecule is CCOc1cc(C=CC(=O)c2ccc3cc(OC)ccc3c2)ccc1O. The second kappa shape index (κ2) is 7.74. The van der Waals surface area contributed by atoms with Crippen molar-refractivity contribution in [3.05, 3.63) is 71.8 Å². The summed E-state index contributed by atoms with van der Waals surface area (Å²) in [5, 5.41) is 11.7. The van der Waals surface area contributed by atoms with E-state index in [1.54, 1.807) is 37.5 Å². The molecule has 0 heterocycles. The molecule has 0 radical (unpaired) electrons. The van der Waals surface area contributed by atoms with Gasteiger partial charge in [-0.25, -0.2) is 0 Å². The standard InChI is InChI=1S/C22H20O4/c1-3-26-22-12-15(5-11-21(22)24)4-10-20(23)18-7-6-17-14-19(25-2)9-8-16(17)13-18/h4-14,24H,3H2,1-2H3. The summed E-state index contributed by atoms with van der Waals surface area (Å²) in [6, 6.07) is 16.3. The van der Waals surface area contributed by atoms with Crippen LogP contribution in [0.25, 0.3) is 16.8 Å². The first-order valence-electron chi connectivity index (χ1n) is 8.36. The molecule has 0 bridgehead atoms. The highest BCUT2D eigenvalue weighted by Crippen LogP contribution is 2.27. The fourth-order valence-electron chi connectivity index (χ4n) is 2.68. The van der Waals surface area contributed by atoms with Crippen LogP contribution < -0.4 is 9.47 Å². The van der Waals surface area contributed by atoms with Crippen molar-refractivity contribution < 1.29 is 19.4 Å². The Morgan fingerprint density at radius 2 is 1.81 bits per heavy atom. The Morgan fingerprint density at radius 1 is 1.04 bits per heavy atom. The molecule has 0 spiro atoms. The summed E-state index contributed by atoms with van der Waals surface area (Å²) in [6.07, 6.45) is 3.23. The van der Waals surface area contributed by atoms with E-state index in [0.717, 1.165) is 22.1 Å². The first kappa shape index (κ1) is 17.5. The van der Waals surface area contributed by atoms with Gasteiger partial charge >= 0.3 is 0 Å². The van der Waals surface area contributed by atoms with Crippen molar-refractivity contribution in [2.45, 2.75) is 6.92 Å². The van der Waals surface area contributed by atoms with Gasteiger partial charge in [0.1, 0.15) is 5.75 Å². The maximum Gasteiger partial charge on any atom is 0.185 e. The van der Waals surface area contributed by atoms with Crippen LogP contribution in [0.15, 0.2) is 60.7 Å². The van der Waals surface area contributed by atoms with Gasteiger partial charge in [-0.15, -0.1) is 0 Å². The molecule has 0 aromatic heterocycles. The van der Waals surface area contributed by atoms with E-state index in [0.29, 0.717) is 17.9 Å².